The summed E-state index contributed by atoms with van der Waals surface area (Å²) >= 11 is 3.32. The lowest BCUT2D eigenvalue weighted by Crippen LogP contribution is -2.07. The maximum Gasteiger partial charge on any atom is 0.268 e. The fourth-order valence-electron chi connectivity index (χ4n) is 2.88. The standard InChI is InChI=1S/C15H18N4OS2/c1-19(2)15-17-14-11(22-15)8-10(21-14)13-16-12(18-20-13)9-6-4-3-5-7-9/h8-9H,3-7H2,1-2H3. The number of rotatable bonds is 3. The van der Waals surface area contributed by atoms with Gasteiger partial charge in [0.1, 0.15) is 4.83 Å². The Bertz CT molecular complexity index is 751. The Morgan fingerprint density at radius 2 is 1.95 bits per heavy atom. The van der Waals surface area contributed by atoms with E-state index < -0.39 is 0 Å². The van der Waals surface area contributed by atoms with Crippen LogP contribution in [0.4, 0.5) is 5.13 Å². The van der Waals surface area contributed by atoms with Gasteiger partial charge in [0.25, 0.3) is 5.89 Å². The summed E-state index contributed by atoms with van der Waals surface area (Å²) in [6.07, 6.45) is 6.27. The highest BCUT2D eigenvalue weighted by atomic mass is 32.1. The number of thiazole rings is 1. The van der Waals surface area contributed by atoms with Gasteiger partial charge in [-0.15, -0.1) is 11.3 Å². The van der Waals surface area contributed by atoms with Crippen molar-refractivity contribution in [2.24, 2.45) is 0 Å². The largest absolute Gasteiger partial charge is 0.354 e. The minimum absolute atomic E-state index is 0.478. The van der Waals surface area contributed by atoms with Crippen LogP contribution in [0, 0.1) is 0 Å². The van der Waals surface area contributed by atoms with Gasteiger partial charge in [0.15, 0.2) is 11.0 Å². The first-order valence-electron chi connectivity index (χ1n) is 7.62. The van der Waals surface area contributed by atoms with Crippen molar-refractivity contribution in [3.63, 3.8) is 0 Å². The van der Waals surface area contributed by atoms with Crippen LogP contribution < -0.4 is 4.90 Å². The van der Waals surface area contributed by atoms with E-state index in [1.807, 2.05) is 19.0 Å². The molecule has 5 nitrogen and oxygen atoms in total. The Balaban J connectivity index is 1.61. The van der Waals surface area contributed by atoms with Crippen molar-refractivity contribution in [3.05, 3.63) is 11.9 Å². The Labute approximate surface area is 137 Å². The lowest BCUT2D eigenvalue weighted by Gasteiger charge is -2.17. The van der Waals surface area contributed by atoms with Crippen LogP contribution in [0.2, 0.25) is 0 Å². The summed E-state index contributed by atoms with van der Waals surface area (Å²) in [5.74, 6) is 2.00. The lowest BCUT2D eigenvalue weighted by atomic mass is 9.89. The van der Waals surface area contributed by atoms with Crippen LogP contribution >= 0.6 is 22.7 Å². The van der Waals surface area contributed by atoms with Crippen molar-refractivity contribution in [1.29, 1.82) is 0 Å². The molecule has 1 aliphatic rings. The van der Waals surface area contributed by atoms with Crippen molar-refractivity contribution in [1.82, 2.24) is 15.1 Å². The number of aromatic nitrogens is 3. The van der Waals surface area contributed by atoms with Gasteiger partial charge in [-0.1, -0.05) is 35.8 Å². The van der Waals surface area contributed by atoms with E-state index in [0.717, 1.165) is 20.7 Å². The Morgan fingerprint density at radius 1 is 1.14 bits per heavy atom. The van der Waals surface area contributed by atoms with E-state index in [1.165, 1.54) is 36.8 Å². The molecule has 1 aliphatic carbocycles. The Hall–Kier alpha value is -1.47. The molecule has 0 saturated heterocycles. The van der Waals surface area contributed by atoms with Gasteiger partial charge in [-0.05, 0) is 18.9 Å². The summed E-state index contributed by atoms with van der Waals surface area (Å²) in [6.45, 7) is 0. The topological polar surface area (TPSA) is 55.1 Å². The average molecular weight is 334 g/mol. The third-order valence-corrected chi connectivity index (χ3v) is 6.40. The van der Waals surface area contributed by atoms with Crippen molar-refractivity contribution in [3.8, 4) is 10.8 Å². The van der Waals surface area contributed by atoms with E-state index in [0.29, 0.717) is 11.8 Å². The van der Waals surface area contributed by atoms with Crippen LogP contribution in [0.15, 0.2) is 10.6 Å². The monoisotopic (exact) mass is 334 g/mol. The van der Waals surface area contributed by atoms with Crippen LogP contribution in [0.25, 0.3) is 20.3 Å². The van der Waals surface area contributed by atoms with Crippen LogP contribution in [0.5, 0.6) is 0 Å². The molecule has 3 aromatic heterocycles. The molecular weight excluding hydrogens is 316 g/mol. The summed E-state index contributed by atoms with van der Waals surface area (Å²) < 4.78 is 6.68. The second-order valence-corrected chi connectivity index (χ2v) is 8.00. The quantitative estimate of drug-likeness (QED) is 0.705. The van der Waals surface area contributed by atoms with Crippen molar-refractivity contribution < 1.29 is 4.52 Å². The fourth-order valence-corrected chi connectivity index (χ4v) is 4.94. The van der Waals surface area contributed by atoms with Crippen molar-refractivity contribution in [2.75, 3.05) is 19.0 Å². The van der Waals surface area contributed by atoms with Gasteiger partial charge in [-0.2, -0.15) is 4.98 Å². The number of nitrogens with zero attached hydrogens (tertiary/aromatic N) is 4. The Kier molecular flexibility index (Phi) is 3.62. The molecule has 0 spiro atoms. The first kappa shape index (κ1) is 14.1. The molecule has 0 amide bonds. The Morgan fingerprint density at radius 3 is 2.68 bits per heavy atom. The zero-order chi connectivity index (χ0) is 15.1. The van der Waals surface area contributed by atoms with E-state index in [4.69, 9.17) is 4.52 Å². The van der Waals surface area contributed by atoms with Gasteiger partial charge in [0.05, 0.1) is 9.58 Å². The summed E-state index contributed by atoms with van der Waals surface area (Å²) in [6, 6.07) is 2.11. The smallest absolute Gasteiger partial charge is 0.268 e. The molecule has 0 aromatic carbocycles. The molecule has 3 aromatic rings. The maximum atomic E-state index is 5.50. The van der Waals surface area contributed by atoms with E-state index in [9.17, 15) is 0 Å². The molecule has 4 rings (SSSR count). The molecule has 3 heterocycles. The molecule has 0 unspecified atom stereocenters. The summed E-state index contributed by atoms with van der Waals surface area (Å²) in [5.41, 5.74) is 0. The molecule has 22 heavy (non-hydrogen) atoms. The number of fused-ring (bicyclic) bond motifs is 1. The SMILES string of the molecule is CN(C)c1nc2sc(-c3nc(C4CCCCC4)no3)cc2s1. The van der Waals surface area contributed by atoms with Gasteiger partial charge in [0, 0.05) is 20.0 Å². The highest BCUT2D eigenvalue weighted by Crippen LogP contribution is 2.39. The second-order valence-electron chi connectivity index (χ2n) is 5.96. The first-order valence-corrected chi connectivity index (χ1v) is 9.25. The minimum atomic E-state index is 0.478. The highest BCUT2D eigenvalue weighted by molar-refractivity contribution is 7.30. The maximum absolute atomic E-state index is 5.50. The summed E-state index contributed by atoms with van der Waals surface area (Å²) in [5, 5.41) is 5.24. The number of anilines is 1. The van der Waals surface area contributed by atoms with Gasteiger partial charge in [-0.3, -0.25) is 0 Å². The molecule has 116 valence electrons. The normalized spacial score (nSPS) is 16.5. The summed E-state index contributed by atoms with van der Waals surface area (Å²) in [7, 11) is 4.02. The number of hydrogen-bond donors (Lipinski definition) is 0. The van der Waals surface area contributed by atoms with Crippen molar-refractivity contribution in [2.45, 2.75) is 38.0 Å². The highest BCUT2D eigenvalue weighted by Gasteiger charge is 2.22. The van der Waals surface area contributed by atoms with Gasteiger partial charge >= 0.3 is 0 Å². The van der Waals surface area contributed by atoms with Crippen molar-refractivity contribution >= 4 is 37.3 Å². The van der Waals surface area contributed by atoms with Crippen LogP contribution in [-0.4, -0.2) is 29.2 Å². The molecule has 7 heteroatoms. The molecule has 1 saturated carbocycles. The molecule has 0 bridgehead atoms. The van der Waals surface area contributed by atoms with E-state index in [1.54, 1.807) is 22.7 Å². The average Bonchev–Trinajstić information content (AvgIpc) is 3.21. The van der Waals surface area contributed by atoms with Crippen LogP contribution in [-0.2, 0) is 0 Å². The number of thiophene rings is 1. The molecule has 0 atom stereocenters. The first-order chi connectivity index (χ1) is 10.7. The minimum Gasteiger partial charge on any atom is -0.354 e. The molecule has 1 fully saturated rings. The molecule has 0 N–H and O–H groups in total. The molecule has 0 radical (unpaired) electrons. The van der Waals surface area contributed by atoms with Gasteiger partial charge < -0.3 is 9.42 Å². The predicted molar refractivity (Wildman–Crippen MR) is 90.9 cm³/mol. The van der Waals surface area contributed by atoms with E-state index >= 15 is 0 Å². The fraction of sp³-hybridized carbons (Fsp3) is 0.533. The lowest BCUT2D eigenvalue weighted by molar-refractivity contribution is 0.385. The predicted octanol–water partition coefficient (Wildman–Crippen LogP) is 4.52. The number of hydrogen-bond acceptors (Lipinski definition) is 7. The second kappa shape index (κ2) is 5.62. The van der Waals surface area contributed by atoms with Gasteiger partial charge in [-0.25, -0.2) is 4.98 Å². The van der Waals surface area contributed by atoms with Crippen LogP contribution in [0.3, 0.4) is 0 Å². The molecular formula is C15H18N4OS2. The van der Waals surface area contributed by atoms with E-state index in [-0.39, 0.29) is 0 Å². The molecule has 0 aliphatic heterocycles. The summed E-state index contributed by atoms with van der Waals surface area (Å²) in [4.78, 5) is 13.4. The zero-order valence-electron chi connectivity index (χ0n) is 12.7. The third-order valence-electron chi connectivity index (χ3n) is 4.08. The third kappa shape index (κ3) is 2.52. The zero-order valence-corrected chi connectivity index (χ0v) is 14.3. The van der Waals surface area contributed by atoms with E-state index in [2.05, 4.69) is 21.2 Å². The van der Waals surface area contributed by atoms with Crippen LogP contribution in [0.1, 0.15) is 43.8 Å². The van der Waals surface area contributed by atoms with Gasteiger partial charge in [0.2, 0.25) is 0 Å².